The molecule has 7 heteroatoms. The number of benzene rings is 1. The van der Waals surface area contributed by atoms with E-state index in [0.29, 0.717) is 6.07 Å². The number of alkyl halides is 3. The molecule has 0 heterocycles. The van der Waals surface area contributed by atoms with Crippen LogP contribution in [0.5, 0.6) is 0 Å². The molecule has 0 aliphatic carbocycles. The summed E-state index contributed by atoms with van der Waals surface area (Å²) in [7, 11) is 0. The van der Waals surface area contributed by atoms with Gasteiger partial charge in [-0.15, -0.1) is 0 Å². The highest BCUT2D eigenvalue weighted by atomic mass is 127. The van der Waals surface area contributed by atoms with Crippen molar-refractivity contribution in [2.45, 2.75) is 11.1 Å². The van der Waals surface area contributed by atoms with Gasteiger partial charge < -0.3 is 4.55 Å². The molecule has 1 rings (SSSR count). The van der Waals surface area contributed by atoms with Crippen LogP contribution in [0.25, 0.3) is 0 Å². The number of hydrogen-bond acceptors (Lipinski definition) is 2. The highest BCUT2D eigenvalue weighted by Gasteiger charge is 2.33. The molecule has 1 aromatic carbocycles. The maximum absolute atomic E-state index is 12.3. The first-order valence-electron chi connectivity index (χ1n) is 3.28. The molecular formula is C7H3F3IO2S-. The molecule has 0 radical (unpaired) electrons. The van der Waals surface area contributed by atoms with Crippen LogP contribution in [0.4, 0.5) is 13.2 Å². The smallest absolute Gasteiger partial charge is 0.417 e. The summed E-state index contributed by atoms with van der Waals surface area (Å²) in [6, 6.07) is 2.86. The molecule has 0 fully saturated rings. The van der Waals surface area contributed by atoms with E-state index in [9.17, 15) is 21.9 Å². The van der Waals surface area contributed by atoms with Crippen molar-refractivity contribution in [2.75, 3.05) is 0 Å². The first-order valence-corrected chi connectivity index (χ1v) is 5.44. The summed E-state index contributed by atoms with van der Waals surface area (Å²) in [6.07, 6.45) is -4.52. The summed E-state index contributed by atoms with van der Waals surface area (Å²) >= 11 is -1.13. The van der Waals surface area contributed by atoms with Crippen molar-refractivity contribution in [3.8, 4) is 0 Å². The molecule has 2 nitrogen and oxygen atoms in total. The van der Waals surface area contributed by atoms with Gasteiger partial charge in [-0.1, -0.05) is 0 Å². The van der Waals surface area contributed by atoms with Gasteiger partial charge >= 0.3 is 6.18 Å². The SMILES string of the molecule is O=S([O-])c1ccc(I)c(C(F)(F)F)c1. The molecule has 0 spiro atoms. The third-order valence-electron chi connectivity index (χ3n) is 1.44. The van der Waals surface area contributed by atoms with E-state index in [0.717, 1.165) is 12.1 Å². The fraction of sp³-hybridized carbons (Fsp3) is 0.143. The van der Waals surface area contributed by atoms with Gasteiger partial charge in [0.1, 0.15) is 0 Å². The van der Waals surface area contributed by atoms with Crippen LogP contribution in [0.15, 0.2) is 23.1 Å². The van der Waals surface area contributed by atoms with Gasteiger partial charge in [-0.2, -0.15) is 13.2 Å². The molecule has 0 aliphatic rings. The Morgan fingerprint density at radius 3 is 2.36 bits per heavy atom. The lowest BCUT2D eigenvalue weighted by Crippen LogP contribution is -2.08. The number of rotatable bonds is 1. The van der Waals surface area contributed by atoms with E-state index in [2.05, 4.69) is 0 Å². The van der Waals surface area contributed by atoms with E-state index in [1.807, 2.05) is 0 Å². The summed E-state index contributed by atoms with van der Waals surface area (Å²) in [5.74, 6) is 0. The third kappa shape index (κ3) is 2.67. The second kappa shape index (κ2) is 4.15. The Balaban J connectivity index is 3.29. The fourth-order valence-electron chi connectivity index (χ4n) is 0.825. The zero-order valence-electron chi connectivity index (χ0n) is 6.47. The minimum Gasteiger partial charge on any atom is -0.768 e. The van der Waals surface area contributed by atoms with E-state index in [-0.39, 0.29) is 8.47 Å². The van der Waals surface area contributed by atoms with Crippen molar-refractivity contribution in [3.05, 3.63) is 27.3 Å². The van der Waals surface area contributed by atoms with Gasteiger partial charge in [0.2, 0.25) is 0 Å². The average molecular weight is 335 g/mol. The Morgan fingerprint density at radius 1 is 1.36 bits per heavy atom. The Morgan fingerprint density at radius 2 is 1.93 bits per heavy atom. The lowest BCUT2D eigenvalue weighted by molar-refractivity contribution is -0.138. The summed E-state index contributed by atoms with van der Waals surface area (Å²) in [4.78, 5) is -0.363. The van der Waals surface area contributed by atoms with Crippen LogP contribution in [-0.2, 0) is 17.3 Å². The molecule has 0 aliphatic heterocycles. The lowest BCUT2D eigenvalue weighted by atomic mass is 10.2. The second-order valence-corrected chi connectivity index (χ2v) is 4.48. The van der Waals surface area contributed by atoms with Crippen molar-refractivity contribution in [2.24, 2.45) is 0 Å². The molecule has 0 aromatic heterocycles. The highest BCUT2D eigenvalue weighted by molar-refractivity contribution is 14.1. The van der Waals surface area contributed by atoms with E-state index < -0.39 is 22.8 Å². The second-order valence-electron chi connectivity index (χ2n) is 2.37. The summed E-state index contributed by atoms with van der Waals surface area (Å²) < 4.78 is 57.7. The molecule has 0 bridgehead atoms. The molecule has 78 valence electrons. The van der Waals surface area contributed by atoms with Crippen LogP contribution in [0, 0.1) is 3.57 Å². The summed E-state index contributed by atoms with van der Waals surface area (Å²) in [5, 5.41) is 0. The van der Waals surface area contributed by atoms with Gasteiger partial charge in [0.15, 0.2) is 0 Å². The summed E-state index contributed by atoms with van der Waals surface area (Å²) in [5.41, 5.74) is -0.931. The van der Waals surface area contributed by atoms with Crippen molar-refractivity contribution >= 4 is 33.7 Å². The Hall–Kier alpha value is -0.150. The molecule has 0 saturated heterocycles. The zero-order valence-corrected chi connectivity index (χ0v) is 9.44. The van der Waals surface area contributed by atoms with Gasteiger partial charge in [-0.25, -0.2) is 0 Å². The summed E-state index contributed by atoms with van der Waals surface area (Å²) in [6.45, 7) is 0. The van der Waals surface area contributed by atoms with Gasteiger partial charge in [0.05, 0.1) is 5.56 Å². The van der Waals surface area contributed by atoms with Crippen LogP contribution in [0.3, 0.4) is 0 Å². The Kier molecular flexibility index (Phi) is 3.53. The predicted octanol–water partition coefficient (Wildman–Crippen LogP) is 2.55. The number of halogens is 4. The molecule has 0 saturated carbocycles. The normalized spacial score (nSPS) is 14.1. The van der Waals surface area contributed by atoms with E-state index >= 15 is 0 Å². The maximum atomic E-state index is 12.3. The van der Waals surface area contributed by atoms with Crippen LogP contribution in [0.1, 0.15) is 5.56 Å². The molecule has 0 N–H and O–H groups in total. The first-order chi connectivity index (χ1) is 6.32. The van der Waals surface area contributed by atoms with Crippen LogP contribution >= 0.6 is 22.6 Å². The largest absolute Gasteiger partial charge is 0.768 e. The minimum atomic E-state index is -4.52. The standard InChI is InChI=1S/C7H4F3IO2S/c8-7(9,10)5-3-4(14(12)13)1-2-6(5)11/h1-3H,(H,12,13)/p-1. The molecule has 0 amide bonds. The molecule has 14 heavy (non-hydrogen) atoms. The highest BCUT2D eigenvalue weighted by Crippen LogP contribution is 2.33. The molecule has 1 unspecified atom stereocenters. The van der Waals surface area contributed by atoms with Crippen molar-refractivity contribution in [1.29, 1.82) is 0 Å². The van der Waals surface area contributed by atoms with Crippen molar-refractivity contribution in [1.82, 2.24) is 0 Å². The van der Waals surface area contributed by atoms with Crippen molar-refractivity contribution < 1.29 is 21.9 Å². The van der Waals surface area contributed by atoms with Crippen LogP contribution in [0.2, 0.25) is 0 Å². The topological polar surface area (TPSA) is 40.1 Å². The van der Waals surface area contributed by atoms with Crippen molar-refractivity contribution in [3.63, 3.8) is 0 Å². The monoisotopic (exact) mass is 335 g/mol. The molecular weight excluding hydrogens is 332 g/mol. The maximum Gasteiger partial charge on any atom is 0.417 e. The van der Waals surface area contributed by atoms with Gasteiger partial charge in [-0.3, -0.25) is 4.21 Å². The van der Waals surface area contributed by atoms with Gasteiger partial charge in [-0.05, 0) is 51.9 Å². The Bertz CT molecular complexity index is 378. The van der Waals surface area contributed by atoms with E-state index in [4.69, 9.17) is 0 Å². The molecule has 1 atom stereocenters. The fourth-order valence-corrected chi connectivity index (χ4v) is 1.86. The Labute approximate surface area is 93.9 Å². The third-order valence-corrected chi connectivity index (χ3v) is 3.02. The lowest BCUT2D eigenvalue weighted by Gasteiger charge is -2.12. The van der Waals surface area contributed by atoms with Crippen LogP contribution in [-0.4, -0.2) is 8.76 Å². The quantitative estimate of drug-likeness (QED) is 0.585. The average Bonchev–Trinajstić information content (AvgIpc) is 2.02. The minimum absolute atomic E-state index is 0.0238. The van der Waals surface area contributed by atoms with Gasteiger partial charge in [0.25, 0.3) is 0 Å². The van der Waals surface area contributed by atoms with E-state index in [1.54, 1.807) is 0 Å². The predicted molar refractivity (Wildman–Crippen MR) is 51.3 cm³/mol. The van der Waals surface area contributed by atoms with E-state index in [1.165, 1.54) is 22.6 Å². The zero-order chi connectivity index (χ0) is 10.9. The molecule has 1 aromatic rings. The first kappa shape index (κ1) is 11.9. The van der Waals surface area contributed by atoms with Gasteiger partial charge in [0, 0.05) is 8.47 Å². The van der Waals surface area contributed by atoms with Crippen LogP contribution < -0.4 is 0 Å². The number of hydrogen-bond donors (Lipinski definition) is 0.